The summed E-state index contributed by atoms with van der Waals surface area (Å²) in [6.45, 7) is 1.06. The lowest BCUT2D eigenvalue weighted by Crippen LogP contribution is -1.95. The van der Waals surface area contributed by atoms with Crippen molar-refractivity contribution in [3.05, 3.63) is 34.3 Å². The molecule has 13 heavy (non-hydrogen) atoms. The summed E-state index contributed by atoms with van der Waals surface area (Å²) in [6.07, 6.45) is 1.33. The van der Waals surface area contributed by atoms with Gasteiger partial charge in [-0.05, 0) is 17.7 Å². The van der Waals surface area contributed by atoms with Crippen molar-refractivity contribution >= 4 is 22.2 Å². The second-order valence-electron chi connectivity index (χ2n) is 2.64. The minimum absolute atomic E-state index is 0.466. The van der Waals surface area contributed by atoms with Gasteiger partial charge in [-0.1, -0.05) is 28.1 Å². The van der Waals surface area contributed by atoms with E-state index in [-0.39, 0.29) is 0 Å². The topological polar surface area (TPSA) is 26.3 Å². The van der Waals surface area contributed by atoms with Gasteiger partial charge >= 0.3 is 0 Å². The van der Waals surface area contributed by atoms with Crippen LogP contribution in [-0.2, 0) is 16.1 Å². The molecule has 0 aromatic heterocycles. The van der Waals surface area contributed by atoms with Crippen molar-refractivity contribution in [2.75, 3.05) is 6.61 Å². The average molecular weight is 243 g/mol. The Labute approximate surface area is 86.0 Å². The molecule has 0 unspecified atom stereocenters. The van der Waals surface area contributed by atoms with Gasteiger partial charge < -0.3 is 9.53 Å². The molecule has 0 aliphatic carbocycles. The molecule has 1 aromatic carbocycles. The maximum absolute atomic E-state index is 9.98. The fourth-order valence-corrected chi connectivity index (χ4v) is 1.39. The van der Waals surface area contributed by atoms with Gasteiger partial charge in [-0.25, -0.2) is 0 Å². The zero-order valence-electron chi connectivity index (χ0n) is 7.20. The summed E-state index contributed by atoms with van der Waals surface area (Å²) in [7, 11) is 0. The molecule has 0 aliphatic heterocycles. The van der Waals surface area contributed by atoms with E-state index in [2.05, 4.69) is 15.9 Å². The molecule has 1 aromatic rings. The van der Waals surface area contributed by atoms with E-state index in [0.29, 0.717) is 19.6 Å². The van der Waals surface area contributed by atoms with Gasteiger partial charge in [0.05, 0.1) is 13.2 Å². The van der Waals surface area contributed by atoms with Crippen LogP contribution in [0.15, 0.2) is 28.7 Å². The molecule has 0 saturated heterocycles. The van der Waals surface area contributed by atoms with Crippen LogP contribution in [0, 0.1) is 0 Å². The minimum atomic E-state index is 0.466. The van der Waals surface area contributed by atoms with Crippen LogP contribution >= 0.6 is 15.9 Å². The Kier molecular flexibility index (Phi) is 4.72. The van der Waals surface area contributed by atoms with E-state index in [9.17, 15) is 4.79 Å². The molecule has 0 fully saturated rings. The van der Waals surface area contributed by atoms with E-state index >= 15 is 0 Å². The summed E-state index contributed by atoms with van der Waals surface area (Å²) in [5.74, 6) is 0. The number of rotatable bonds is 5. The quantitative estimate of drug-likeness (QED) is 0.586. The van der Waals surface area contributed by atoms with Gasteiger partial charge in [-0.15, -0.1) is 0 Å². The molecule has 0 N–H and O–H groups in total. The van der Waals surface area contributed by atoms with Crippen LogP contribution in [0.25, 0.3) is 0 Å². The van der Waals surface area contributed by atoms with Gasteiger partial charge in [-0.2, -0.15) is 0 Å². The maximum Gasteiger partial charge on any atom is 0.122 e. The van der Waals surface area contributed by atoms with Crippen LogP contribution in [0.5, 0.6) is 0 Å². The van der Waals surface area contributed by atoms with Crippen LogP contribution < -0.4 is 0 Å². The smallest absolute Gasteiger partial charge is 0.122 e. The standard InChI is InChI=1S/C10H11BrO2/c11-10-4-1-3-9(7-10)8-13-6-2-5-12/h1,3-5,7H,2,6,8H2. The first kappa shape index (κ1) is 10.4. The van der Waals surface area contributed by atoms with Crippen molar-refractivity contribution in [1.82, 2.24) is 0 Å². The first-order valence-corrected chi connectivity index (χ1v) is 4.88. The fourth-order valence-electron chi connectivity index (χ4n) is 0.948. The summed E-state index contributed by atoms with van der Waals surface area (Å²) in [4.78, 5) is 9.98. The van der Waals surface area contributed by atoms with E-state index in [1.54, 1.807) is 0 Å². The Balaban J connectivity index is 2.32. The molecule has 0 bridgehead atoms. The average Bonchev–Trinajstić information content (AvgIpc) is 2.13. The van der Waals surface area contributed by atoms with Gasteiger partial charge in [0.15, 0.2) is 0 Å². The molecule has 0 saturated carbocycles. The highest BCUT2D eigenvalue weighted by Crippen LogP contribution is 2.12. The summed E-state index contributed by atoms with van der Waals surface area (Å²) in [5, 5.41) is 0. The van der Waals surface area contributed by atoms with Crippen molar-refractivity contribution < 1.29 is 9.53 Å². The molecule has 70 valence electrons. The molecule has 0 amide bonds. The molecule has 0 radical (unpaired) electrons. The lowest BCUT2D eigenvalue weighted by molar-refractivity contribution is -0.108. The normalized spacial score (nSPS) is 9.92. The molecule has 3 heteroatoms. The third kappa shape index (κ3) is 4.20. The molecule has 0 aliphatic rings. The molecule has 2 nitrogen and oxygen atoms in total. The SMILES string of the molecule is O=CCCOCc1cccc(Br)c1. The van der Waals surface area contributed by atoms with Gasteiger partial charge in [0, 0.05) is 10.9 Å². The van der Waals surface area contributed by atoms with Crippen molar-refractivity contribution in [2.45, 2.75) is 13.0 Å². The zero-order valence-corrected chi connectivity index (χ0v) is 8.79. The van der Waals surface area contributed by atoms with Gasteiger partial charge in [-0.3, -0.25) is 0 Å². The van der Waals surface area contributed by atoms with Crippen LogP contribution in [0.3, 0.4) is 0 Å². The Morgan fingerprint density at radius 2 is 2.31 bits per heavy atom. The molecular weight excluding hydrogens is 232 g/mol. The third-order valence-corrected chi connectivity index (χ3v) is 2.03. The highest BCUT2D eigenvalue weighted by atomic mass is 79.9. The Hall–Kier alpha value is -0.670. The van der Waals surface area contributed by atoms with Crippen LogP contribution in [0.4, 0.5) is 0 Å². The van der Waals surface area contributed by atoms with Crippen LogP contribution in [0.1, 0.15) is 12.0 Å². The minimum Gasteiger partial charge on any atom is -0.376 e. The largest absolute Gasteiger partial charge is 0.376 e. The van der Waals surface area contributed by atoms with E-state index < -0.39 is 0 Å². The number of carbonyl (C=O) groups excluding carboxylic acids is 1. The molecule has 0 spiro atoms. The van der Waals surface area contributed by atoms with E-state index in [0.717, 1.165) is 16.3 Å². The van der Waals surface area contributed by atoms with Gasteiger partial charge in [0.25, 0.3) is 0 Å². The second kappa shape index (κ2) is 5.89. The Bertz CT molecular complexity index is 273. The van der Waals surface area contributed by atoms with E-state index in [4.69, 9.17) is 4.74 Å². The number of hydrogen-bond acceptors (Lipinski definition) is 2. The summed E-state index contributed by atoms with van der Waals surface area (Å²) >= 11 is 3.37. The highest BCUT2D eigenvalue weighted by molar-refractivity contribution is 9.10. The molecular formula is C10H11BrO2. The van der Waals surface area contributed by atoms with Crippen molar-refractivity contribution in [3.8, 4) is 0 Å². The maximum atomic E-state index is 9.98. The van der Waals surface area contributed by atoms with Crippen molar-refractivity contribution in [1.29, 1.82) is 0 Å². The van der Waals surface area contributed by atoms with E-state index in [1.807, 2.05) is 24.3 Å². The molecule has 1 rings (SSSR count). The summed E-state index contributed by atoms with van der Waals surface area (Å²) in [5.41, 5.74) is 1.11. The fraction of sp³-hybridized carbons (Fsp3) is 0.300. The van der Waals surface area contributed by atoms with Crippen LogP contribution in [0.2, 0.25) is 0 Å². The monoisotopic (exact) mass is 242 g/mol. The van der Waals surface area contributed by atoms with Crippen LogP contribution in [-0.4, -0.2) is 12.9 Å². The number of carbonyl (C=O) groups is 1. The Morgan fingerprint density at radius 3 is 3.00 bits per heavy atom. The summed E-state index contributed by atoms with van der Waals surface area (Å²) < 4.78 is 6.31. The number of hydrogen-bond donors (Lipinski definition) is 0. The summed E-state index contributed by atoms with van der Waals surface area (Å²) in [6, 6.07) is 7.92. The number of benzene rings is 1. The predicted octanol–water partition coefficient (Wildman–Crippen LogP) is 2.55. The first-order valence-electron chi connectivity index (χ1n) is 4.09. The first-order chi connectivity index (χ1) is 6.33. The van der Waals surface area contributed by atoms with Crippen molar-refractivity contribution in [2.24, 2.45) is 0 Å². The lowest BCUT2D eigenvalue weighted by atomic mass is 10.2. The molecule has 0 heterocycles. The lowest BCUT2D eigenvalue weighted by Gasteiger charge is -2.02. The predicted molar refractivity (Wildman–Crippen MR) is 54.5 cm³/mol. The number of aldehydes is 1. The van der Waals surface area contributed by atoms with E-state index in [1.165, 1.54) is 0 Å². The second-order valence-corrected chi connectivity index (χ2v) is 3.55. The Morgan fingerprint density at radius 1 is 1.46 bits per heavy atom. The van der Waals surface area contributed by atoms with Gasteiger partial charge in [0.2, 0.25) is 0 Å². The molecule has 0 atom stereocenters. The third-order valence-electron chi connectivity index (χ3n) is 1.54. The zero-order chi connectivity index (χ0) is 9.52. The highest BCUT2D eigenvalue weighted by Gasteiger charge is 1.93. The van der Waals surface area contributed by atoms with Crippen molar-refractivity contribution in [3.63, 3.8) is 0 Å². The van der Waals surface area contributed by atoms with Gasteiger partial charge in [0.1, 0.15) is 6.29 Å². The number of ether oxygens (including phenoxy) is 1. The number of halogens is 1.